The van der Waals surface area contributed by atoms with Gasteiger partial charge in [-0.3, -0.25) is 0 Å². The third-order valence-electron chi connectivity index (χ3n) is 6.30. The van der Waals surface area contributed by atoms with Crippen LogP contribution in [-0.4, -0.2) is 24.3 Å². The highest BCUT2D eigenvalue weighted by atomic mass is 19.2. The SMILES string of the molecule is CCCCCC1(C)COC(O)(C2CCC(c3ccc(F)c(F)c3)CC2)OC1. The summed E-state index contributed by atoms with van der Waals surface area (Å²) in [5.41, 5.74) is 0.790. The number of rotatable bonds is 6. The molecule has 1 aliphatic heterocycles. The maximum atomic E-state index is 13.5. The minimum Gasteiger partial charge on any atom is -0.343 e. The average Bonchev–Trinajstić information content (AvgIpc) is 2.67. The van der Waals surface area contributed by atoms with E-state index in [4.69, 9.17) is 9.47 Å². The van der Waals surface area contributed by atoms with Crippen LogP contribution in [-0.2, 0) is 9.47 Å². The summed E-state index contributed by atoms with van der Waals surface area (Å²) in [6.45, 7) is 5.36. The second kappa shape index (κ2) is 8.54. The molecule has 0 bridgehead atoms. The van der Waals surface area contributed by atoms with Crippen molar-refractivity contribution in [3.63, 3.8) is 0 Å². The first-order valence-electron chi connectivity index (χ1n) is 10.3. The van der Waals surface area contributed by atoms with Gasteiger partial charge in [-0.2, -0.15) is 0 Å². The molecule has 0 atom stereocenters. The number of hydrogen-bond acceptors (Lipinski definition) is 3. The van der Waals surface area contributed by atoms with E-state index in [2.05, 4.69) is 13.8 Å². The van der Waals surface area contributed by atoms with Crippen LogP contribution in [0.2, 0.25) is 0 Å². The second-order valence-corrected chi connectivity index (χ2v) is 8.70. The number of halogens is 2. The fourth-order valence-electron chi connectivity index (χ4n) is 4.38. The number of hydrogen-bond donors (Lipinski definition) is 1. The maximum absolute atomic E-state index is 13.5. The van der Waals surface area contributed by atoms with Crippen LogP contribution in [0.25, 0.3) is 0 Å². The lowest BCUT2D eigenvalue weighted by molar-refractivity contribution is -0.427. The molecule has 1 heterocycles. The minimum atomic E-state index is -1.51. The van der Waals surface area contributed by atoms with E-state index in [1.54, 1.807) is 6.07 Å². The molecular formula is C22H32F2O3. The molecule has 0 spiro atoms. The molecule has 0 unspecified atom stereocenters. The fourth-order valence-corrected chi connectivity index (χ4v) is 4.38. The van der Waals surface area contributed by atoms with Crippen molar-refractivity contribution < 1.29 is 23.4 Å². The average molecular weight is 382 g/mol. The molecule has 2 fully saturated rings. The first-order chi connectivity index (χ1) is 12.9. The van der Waals surface area contributed by atoms with Crippen molar-refractivity contribution in [2.75, 3.05) is 13.2 Å². The lowest BCUT2D eigenvalue weighted by Gasteiger charge is -2.46. The number of unbranched alkanes of at least 4 members (excludes halogenated alkanes) is 2. The quantitative estimate of drug-likeness (QED) is 0.659. The molecule has 3 rings (SSSR count). The van der Waals surface area contributed by atoms with Gasteiger partial charge in [0, 0.05) is 11.3 Å². The molecule has 3 nitrogen and oxygen atoms in total. The summed E-state index contributed by atoms with van der Waals surface area (Å²) in [7, 11) is 0. The third-order valence-corrected chi connectivity index (χ3v) is 6.30. The van der Waals surface area contributed by atoms with Crippen LogP contribution in [0.15, 0.2) is 18.2 Å². The molecule has 1 N–H and O–H groups in total. The Morgan fingerprint density at radius 2 is 1.70 bits per heavy atom. The van der Waals surface area contributed by atoms with E-state index in [1.807, 2.05) is 0 Å². The van der Waals surface area contributed by atoms with Crippen LogP contribution in [0.4, 0.5) is 8.78 Å². The molecule has 0 aromatic heterocycles. The number of aliphatic hydroxyl groups is 1. The van der Waals surface area contributed by atoms with Crippen LogP contribution < -0.4 is 0 Å². The summed E-state index contributed by atoms with van der Waals surface area (Å²) in [6, 6.07) is 4.15. The van der Waals surface area contributed by atoms with Gasteiger partial charge in [0.15, 0.2) is 11.6 Å². The van der Waals surface area contributed by atoms with Gasteiger partial charge in [0.2, 0.25) is 0 Å². The highest BCUT2D eigenvalue weighted by Crippen LogP contribution is 2.44. The molecule has 0 amide bonds. The molecule has 1 saturated heterocycles. The zero-order valence-electron chi connectivity index (χ0n) is 16.5. The summed E-state index contributed by atoms with van der Waals surface area (Å²) in [5, 5.41) is 10.9. The predicted octanol–water partition coefficient (Wildman–Crippen LogP) is 5.52. The highest BCUT2D eigenvalue weighted by molar-refractivity contribution is 5.22. The monoisotopic (exact) mass is 382 g/mol. The first kappa shape index (κ1) is 20.7. The van der Waals surface area contributed by atoms with E-state index >= 15 is 0 Å². The van der Waals surface area contributed by atoms with Crippen molar-refractivity contribution in [2.24, 2.45) is 11.3 Å². The Balaban J connectivity index is 1.52. The van der Waals surface area contributed by atoms with Crippen molar-refractivity contribution in [1.82, 2.24) is 0 Å². The standard InChI is InChI=1S/C22H32F2O3/c1-3-4-5-12-21(2)14-26-22(25,27-15-21)18-9-6-16(7-10-18)17-8-11-19(23)20(24)13-17/h8,11,13,16,18,25H,3-7,9-10,12,14-15H2,1-2H3. The van der Waals surface area contributed by atoms with Crippen molar-refractivity contribution in [2.45, 2.75) is 77.1 Å². The lowest BCUT2D eigenvalue weighted by atomic mass is 9.77. The van der Waals surface area contributed by atoms with Crippen LogP contribution >= 0.6 is 0 Å². The molecule has 2 aliphatic rings. The lowest BCUT2D eigenvalue weighted by Crippen LogP contribution is -2.53. The molecule has 1 saturated carbocycles. The van der Waals surface area contributed by atoms with Crippen molar-refractivity contribution in [1.29, 1.82) is 0 Å². The maximum Gasteiger partial charge on any atom is 0.283 e. The number of ether oxygens (including phenoxy) is 2. The van der Waals surface area contributed by atoms with Crippen LogP contribution in [0.1, 0.15) is 76.7 Å². The Morgan fingerprint density at radius 1 is 1.04 bits per heavy atom. The second-order valence-electron chi connectivity index (χ2n) is 8.70. The molecule has 1 aromatic rings. The summed E-state index contributed by atoms with van der Waals surface area (Å²) < 4.78 is 38.3. The smallest absolute Gasteiger partial charge is 0.283 e. The Hall–Kier alpha value is -1.04. The Kier molecular flexibility index (Phi) is 6.54. The van der Waals surface area contributed by atoms with Crippen molar-refractivity contribution in [3.05, 3.63) is 35.4 Å². The molecule has 1 aliphatic carbocycles. The van der Waals surface area contributed by atoms with Crippen molar-refractivity contribution >= 4 is 0 Å². The minimum absolute atomic E-state index is 0.0375. The Bertz CT molecular complexity index is 618. The first-order valence-corrected chi connectivity index (χ1v) is 10.3. The fraction of sp³-hybridized carbons (Fsp3) is 0.727. The normalized spacial score (nSPS) is 34.6. The van der Waals surface area contributed by atoms with E-state index in [0.29, 0.717) is 13.2 Å². The largest absolute Gasteiger partial charge is 0.343 e. The van der Waals surface area contributed by atoms with Crippen molar-refractivity contribution in [3.8, 4) is 0 Å². The van der Waals surface area contributed by atoms with Crippen LogP contribution in [0, 0.1) is 23.0 Å². The van der Waals surface area contributed by atoms with Crippen LogP contribution in [0.5, 0.6) is 0 Å². The van der Waals surface area contributed by atoms with Gasteiger partial charge in [0.05, 0.1) is 13.2 Å². The van der Waals surface area contributed by atoms with E-state index < -0.39 is 17.6 Å². The zero-order chi connectivity index (χ0) is 19.5. The summed E-state index contributed by atoms with van der Waals surface area (Å²) in [4.78, 5) is 0. The molecule has 152 valence electrons. The molecule has 5 heteroatoms. The summed E-state index contributed by atoms with van der Waals surface area (Å²) >= 11 is 0. The van der Waals surface area contributed by atoms with Gasteiger partial charge in [0.25, 0.3) is 5.97 Å². The molecular weight excluding hydrogens is 350 g/mol. The molecule has 0 radical (unpaired) electrons. The van der Waals surface area contributed by atoms with Gasteiger partial charge in [-0.15, -0.1) is 0 Å². The van der Waals surface area contributed by atoms with E-state index in [1.165, 1.54) is 25.0 Å². The topological polar surface area (TPSA) is 38.7 Å². The van der Waals surface area contributed by atoms with Crippen LogP contribution in [0.3, 0.4) is 0 Å². The van der Waals surface area contributed by atoms with Gasteiger partial charge in [0.1, 0.15) is 0 Å². The zero-order valence-corrected chi connectivity index (χ0v) is 16.5. The third kappa shape index (κ3) is 4.87. The van der Waals surface area contributed by atoms with E-state index in [9.17, 15) is 13.9 Å². The summed E-state index contributed by atoms with van der Waals surface area (Å²) in [5.74, 6) is -3.02. The molecule has 27 heavy (non-hydrogen) atoms. The van der Waals surface area contributed by atoms with E-state index in [-0.39, 0.29) is 17.3 Å². The van der Waals surface area contributed by atoms with Gasteiger partial charge in [-0.1, -0.05) is 39.2 Å². The Labute approximate surface area is 161 Å². The van der Waals surface area contributed by atoms with Gasteiger partial charge in [-0.05, 0) is 55.7 Å². The highest BCUT2D eigenvalue weighted by Gasteiger charge is 2.47. The Morgan fingerprint density at radius 3 is 2.30 bits per heavy atom. The van der Waals surface area contributed by atoms with E-state index in [0.717, 1.165) is 44.1 Å². The van der Waals surface area contributed by atoms with Gasteiger partial charge >= 0.3 is 0 Å². The number of benzene rings is 1. The molecule has 1 aromatic carbocycles. The predicted molar refractivity (Wildman–Crippen MR) is 100 cm³/mol. The van der Waals surface area contributed by atoms with Gasteiger partial charge in [-0.25, -0.2) is 8.78 Å². The summed E-state index contributed by atoms with van der Waals surface area (Å²) in [6.07, 6.45) is 7.67. The van der Waals surface area contributed by atoms with Gasteiger partial charge < -0.3 is 14.6 Å².